The van der Waals surface area contributed by atoms with Crippen molar-refractivity contribution in [1.29, 1.82) is 0 Å². The third-order valence-corrected chi connectivity index (χ3v) is 5.75. The van der Waals surface area contributed by atoms with E-state index >= 15 is 0 Å². The monoisotopic (exact) mass is 402 g/mol. The number of hydrogen-bond acceptors (Lipinski definition) is 4. The number of aromatic nitrogens is 2. The molecule has 1 aromatic rings. The molecule has 1 saturated heterocycles. The number of allylic oxidation sites excluding steroid dienone is 6. The molecular weight excluding hydrogens is 377 g/mol. The van der Waals surface area contributed by atoms with Gasteiger partial charge < -0.3 is 10.2 Å². The third kappa shape index (κ3) is 4.45. The van der Waals surface area contributed by atoms with Gasteiger partial charge in [-0.2, -0.15) is 18.3 Å². The Morgan fingerprint density at radius 2 is 1.90 bits per heavy atom. The molecule has 0 spiro atoms. The molecule has 0 saturated carbocycles. The van der Waals surface area contributed by atoms with E-state index in [4.69, 9.17) is 0 Å². The van der Waals surface area contributed by atoms with E-state index in [1.807, 2.05) is 36.4 Å². The first-order chi connectivity index (χ1) is 13.9. The number of hydrogen-bond donors (Lipinski definition) is 1. The molecule has 1 unspecified atom stereocenters. The van der Waals surface area contributed by atoms with Crippen LogP contribution in [0.5, 0.6) is 0 Å². The molecule has 1 aliphatic carbocycles. The lowest BCUT2D eigenvalue weighted by Gasteiger charge is -2.25. The lowest BCUT2D eigenvalue weighted by atomic mass is 9.87. The van der Waals surface area contributed by atoms with Crippen LogP contribution in [-0.4, -0.2) is 48.0 Å². The molecule has 3 heterocycles. The van der Waals surface area contributed by atoms with Crippen molar-refractivity contribution in [3.63, 3.8) is 0 Å². The zero-order chi connectivity index (χ0) is 20.4. The minimum absolute atomic E-state index is 0.0185. The first-order valence-corrected chi connectivity index (χ1v) is 10.0. The number of piperidine rings is 1. The zero-order valence-corrected chi connectivity index (χ0v) is 16.4. The second-order valence-corrected chi connectivity index (χ2v) is 7.88. The molecule has 0 aromatic carbocycles. The van der Waals surface area contributed by atoms with E-state index in [0.717, 1.165) is 49.3 Å². The Morgan fingerprint density at radius 1 is 1.10 bits per heavy atom. The molecule has 1 fully saturated rings. The lowest BCUT2D eigenvalue weighted by molar-refractivity contribution is -0.160. The van der Waals surface area contributed by atoms with Gasteiger partial charge in [-0.05, 0) is 56.3 Å². The Balaban J connectivity index is 1.77. The van der Waals surface area contributed by atoms with Crippen LogP contribution in [0, 0.1) is 5.92 Å². The van der Waals surface area contributed by atoms with E-state index in [1.165, 1.54) is 6.08 Å². The van der Waals surface area contributed by atoms with E-state index in [-0.39, 0.29) is 12.3 Å². The Kier molecular flexibility index (Phi) is 5.58. The van der Waals surface area contributed by atoms with Crippen molar-refractivity contribution in [2.24, 2.45) is 5.92 Å². The molecule has 0 amide bonds. The molecule has 3 aliphatic rings. The molecule has 4 rings (SSSR count). The summed E-state index contributed by atoms with van der Waals surface area (Å²) in [6.45, 7) is 2.56. The molecule has 4 nitrogen and oxygen atoms in total. The van der Waals surface area contributed by atoms with Gasteiger partial charge in [0.1, 0.15) is 5.69 Å². The van der Waals surface area contributed by atoms with Gasteiger partial charge in [0.2, 0.25) is 0 Å². The molecule has 2 aliphatic heterocycles. The molecule has 7 heteroatoms. The van der Waals surface area contributed by atoms with Gasteiger partial charge in [0.25, 0.3) is 0 Å². The van der Waals surface area contributed by atoms with Gasteiger partial charge in [0.05, 0.1) is 11.6 Å². The van der Waals surface area contributed by atoms with Crippen LogP contribution >= 0.6 is 0 Å². The van der Waals surface area contributed by atoms with Crippen LogP contribution in [0.25, 0.3) is 11.1 Å². The standard InChI is InChI=1S/C22H25F3N4/c1-29-11-7-16(8-12-29)21-19(17-3-2-4-18(13-17)22(23,24)25)14-20(27-28-21)15-5-9-26-10-6-15/h2-3,7-8,11,13-15,18,26H,4-6,9-10,12H2,1H3. The molecule has 1 aromatic heterocycles. The highest BCUT2D eigenvalue weighted by atomic mass is 19.4. The predicted molar refractivity (Wildman–Crippen MR) is 108 cm³/mol. The maximum absolute atomic E-state index is 13.4. The van der Waals surface area contributed by atoms with Gasteiger partial charge in [-0.1, -0.05) is 24.3 Å². The normalized spacial score (nSPS) is 23.2. The van der Waals surface area contributed by atoms with Gasteiger partial charge in [-0.15, -0.1) is 5.10 Å². The highest BCUT2D eigenvalue weighted by molar-refractivity contribution is 5.86. The largest absolute Gasteiger partial charge is 0.395 e. The number of nitrogens with one attached hydrogen (secondary N) is 1. The van der Waals surface area contributed by atoms with Crippen LogP contribution < -0.4 is 5.32 Å². The summed E-state index contributed by atoms with van der Waals surface area (Å²) in [6.07, 6.45) is 8.31. The Bertz CT molecular complexity index is 877. The fraction of sp³-hybridized carbons (Fsp3) is 0.455. The second kappa shape index (κ2) is 8.14. The SMILES string of the molecule is CN1C=CC(c2nnc(C3CCNCC3)cc2C2=CC(C(F)(F)F)CC=C2)=CC1. The van der Waals surface area contributed by atoms with Crippen molar-refractivity contribution in [2.75, 3.05) is 26.7 Å². The zero-order valence-electron chi connectivity index (χ0n) is 16.4. The molecular formula is C22H25F3N4. The summed E-state index contributed by atoms with van der Waals surface area (Å²) < 4.78 is 40.1. The van der Waals surface area contributed by atoms with Crippen LogP contribution in [0.3, 0.4) is 0 Å². The topological polar surface area (TPSA) is 41.1 Å². The van der Waals surface area contributed by atoms with Gasteiger partial charge >= 0.3 is 6.18 Å². The maximum atomic E-state index is 13.4. The number of alkyl halides is 3. The van der Waals surface area contributed by atoms with E-state index in [0.29, 0.717) is 11.3 Å². The molecule has 154 valence electrons. The summed E-state index contributed by atoms with van der Waals surface area (Å²) >= 11 is 0. The van der Waals surface area contributed by atoms with Crippen molar-refractivity contribution in [1.82, 2.24) is 20.4 Å². The number of halogens is 3. The summed E-state index contributed by atoms with van der Waals surface area (Å²) in [5.74, 6) is -1.18. The van der Waals surface area contributed by atoms with E-state index in [2.05, 4.69) is 15.5 Å². The van der Waals surface area contributed by atoms with Gasteiger partial charge in [-0.3, -0.25) is 0 Å². The van der Waals surface area contributed by atoms with E-state index in [9.17, 15) is 13.2 Å². The average Bonchev–Trinajstić information content (AvgIpc) is 2.74. The summed E-state index contributed by atoms with van der Waals surface area (Å²) in [7, 11) is 1.97. The van der Waals surface area contributed by atoms with Gasteiger partial charge in [-0.25, -0.2) is 0 Å². The van der Waals surface area contributed by atoms with Crippen LogP contribution in [0.4, 0.5) is 13.2 Å². The van der Waals surface area contributed by atoms with Crippen LogP contribution in [0.2, 0.25) is 0 Å². The van der Waals surface area contributed by atoms with Crippen LogP contribution in [0.1, 0.15) is 42.1 Å². The minimum atomic E-state index is -4.25. The first kappa shape index (κ1) is 19.9. The maximum Gasteiger partial charge on any atom is 0.395 e. The Morgan fingerprint density at radius 3 is 2.59 bits per heavy atom. The highest BCUT2D eigenvalue weighted by Gasteiger charge is 2.38. The van der Waals surface area contributed by atoms with Crippen molar-refractivity contribution >= 4 is 11.1 Å². The molecule has 1 N–H and O–H groups in total. The lowest BCUT2D eigenvalue weighted by Crippen LogP contribution is -2.27. The predicted octanol–water partition coefficient (Wildman–Crippen LogP) is 4.31. The summed E-state index contributed by atoms with van der Waals surface area (Å²) in [5.41, 5.74) is 3.72. The Hall–Kier alpha value is -2.41. The summed E-state index contributed by atoms with van der Waals surface area (Å²) in [6, 6.07) is 1.96. The van der Waals surface area contributed by atoms with Crippen molar-refractivity contribution in [2.45, 2.75) is 31.4 Å². The van der Waals surface area contributed by atoms with Crippen molar-refractivity contribution in [3.05, 3.63) is 59.6 Å². The van der Waals surface area contributed by atoms with Crippen LogP contribution in [-0.2, 0) is 0 Å². The van der Waals surface area contributed by atoms with Gasteiger partial charge in [0, 0.05) is 30.6 Å². The second-order valence-electron chi connectivity index (χ2n) is 7.88. The molecule has 0 bridgehead atoms. The third-order valence-electron chi connectivity index (χ3n) is 5.75. The van der Waals surface area contributed by atoms with E-state index in [1.54, 1.807) is 12.2 Å². The highest BCUT2D eigenvalue weighted by Crippen LogP contribution is 2.38. The fourth-order valence-corrected chi connectivity index (χ4v) is 4.00. The Labute approximate surface area is 168 Å². The van der Waals surface area contributed by atoms with Gasteiger partial charge in [0.15, 0.2) is 0 Å². The minimum Gasteiger partial charge on any atom is -0.377 e. The smallest absolute Gasteiger partial charge is 0.377 e. The van der Waals surface area contributed by atoms with Crippen molar-refractivity contribution in [3.8, 4) is 0 Å². The average molecular weight is 402 g/mol. The molecule has 1 atom stereocenters. The fourth-order valence-electron chi connectivity index (χ4n) is 4.00. The molecule has 29 heavy (non-hydrogen) atoms. The summed E-state index contributed by atoms with van der Waals surface area (Å²) in [4.78, 5) is 2.03. The quantitative estimate of drug-likeness (QED) is 0.818. The van der Waals surface area contributed by atoms with E-state index < -0.39 is 12.1 Å². The van der Waals surface area contributed by atoms with Crippen molar-refractivity contribution < 1.29 is 13.2 Å². The van der Waals surface area contributed by atoms with Crippen LogP contribution in [0.15, 0.2) is 42.6 Å². The number of likely N-dealkylation sites (N-methyl/N-ethyl adjacent to an activating group) is 1. The number of rotatable bonds is 3. The molecule has 0 radical (unpaired) electrons. The first-order valence-electron chi connectivity index (χ1n) is 10.0. The number of nitrogens with zero attached hydrogens (tertiary/aromatic N) is 3. The summed E-state index contributed by atoms with van der Waals surface area (Å²) in [5, 5.41) is 12.3.